The van der Waals surface area contributed by atoms with E-state index in [-0.39, 0.29) is 5.60 Å². The van der Waals surface area contributed by atoms with Crippen molar-refractivity contribution >= 4 is 5.95 Å². The van der Waals surface area contributed by atoms with E-state index in [1.165, 1.54) is 0 Å². The zero-order chi connectivity index (χ0) is 15.0. The van der Waals surface area contributed by atoms with E-state index in [2.05, 4.69) is 26.9 Å². The van der Waals surface area contributed by atoms with Crippen LogP contribution in [0.2, 0.25) is 0 Å². The topological polar surface area (TPSA) is 56.1 Å². The fraction of sp³-hybridized carbons (Fsp3) is 0.533. The standard InChI is InChI=1S/C15H21N5O/c1-11-7-12(2)18-14(17-11)20-5-6-21-15(3,10-20)13-8-16-19(4)9-13/h7-9H,5-6,10H2,1-4H3. The SMILES string of the molecule is Cc1cc(C)nc(N2CCOC(C)(c3cnn(C)c3)C2)n1. The van der Waals surface area contributed by atoms with Gasteiger partial charge in [-0.05, 0) is 26.8 Å². The first-order valence-corrected chi connectivity index (χ1v) is 7.17. The molecular weight excluding hydrogens is 266 g/mol. The highest BCUT2D eigenvalue weighted by atomic mass is 16.5. The molecule has 0 saturated carbocycles. The summed E-state index contributed by atoms with van der Waals surface area (Å²) in [5, 5.41) is 4.25. The van der Waals surface area contributed by atoms with Gasteiger partial charge >= 0.3 is 0 Å². The summed E-state index contributed by atoms with van der Waals surface area (Å²) in [5.41, 5.74) is 2.69. The van der Waals surface area contributed by atoms with Gasteiger partial charge in [-0.2, -0.15) is 5.10 Å². The summed E-state index contributed by atoms with van der Waals surface area (Å²) in [4.78, 5) is 11.3. The lowest BCUT2D eigenvalue weighted by atomic mass is 9.97. The van der Waals surface area contributed by atoms with Crippen molar-refractivity contribution < 1.29 is 4.74 Å². The summed E-state index contributed by atoms with van der Waals surface area (Å²) in [6.45, 7) is 8.28. The molecule has 1 atom stereocenters. The average molecular weight is 287 g/mol. The van der Waals surface area contributed by atoms with Gasteiger partial charge in [0.1, 0.15) is 5.60 Å². The molecule has 0 aromatic carbocycles. The molecule has 112 valence electrons. The Morgan fingerprint density at radius 1 is 1.24 bits per heavy atom. The minimum atomic E-state index is -0.381. The first-order chi connectivity index (χ1) is 9.96. The maximum absolute atomic E-state index is 6.03. The van der Waals surface area contributed by atoms with Crippen LogP contribution in [0.5, 0.6) is 0 Å². The van der Waals surface area contributed by atoms with Gasteiger partial charge in [0.05, 0.1) is 19.3 Å². The minimum absolute atomic E-state index is 0.381. The lowest BCUT2D eigenvalue weighted by Gasteiger charge is -2.40. The van der Waals surface area contributed by atoms with E-state index in [9.17, 15) is 0 Å². The van der Waals surface area contributed by atoms with Crippen molar-refractivity contribution in [3.05, 3.63) is 35.4 Å². The molecule has 0 radical (unpaired) electrons. The summed E-state index contributed by atoms with van der Waals surface area (Å²) in [7, 11) is 1.92. The number of aryl methyl sites for hydroxylation is 3. The maximum atomic E-state index is 6.03. The number of morpholine rings is 1. The van der Waals surface area contributed by atoms with Crippen LogP contribution in [0, 0.1) is 13.8 Å². The number of aromatic nitrogens is 4. The molecule has 2 aromatic heterocycles. The summed E-state index contributed by atoms with van der Waals surface area (Å²) in [6, 6.07) is 1.99. The first-order valence-electron chi connectivity index (χ1n) is 7.17. The molecule has 0 N–H and O–H groups in total. The number of hydrogen-bond acceptors (Lipinski definition) is 5. The Bertz CT molecular complexity index is 633. The molecule has 1 unspecified atom stereocenters. The van der Waals surface area contributed by atoms with Crippen LogP contribution in [0.3, 0.4) is 0 Å². The van der Waals surface area contributed by atoms with Crippen LogP contribution < -0.4 is 4.90 Å². The van der Waals surface area contributed by atoms with Gasteiger partial charge in [0.15, 0.2) is 0 Å². The minimum Gasteiger partial charge on any atom is -0.367 e. The highest BCUT2D eigenvalue weighted by molar-refractivity contribution is 5.35. The van der Waals surface area contributed by atoms with E-state index in [4.69, 9.17) is 4.74 Å². The van der Waals surface area contributed by atoms with Crippen molar-refractivity contribution in [2.75, 3.05) is 24.6 Å². The highest BCUT2D eigenvalue weighted by Gasteiger charge is 2.36. The molecule has 1 aliphatic rings. The number of rotatable bonds is 2. The normalized spacial score (nSPS) is 22.6. The lowest BCUT2D eigenvalue weighted by Crippen LogP contribution is -2.48. The molecule has 0 amide bonds. The van der Waals surface area contributed by atoms with E-state index in [0.29, 0.717) is 6.61 Å². The van der Waals surface area contributed by atoms with E-state index in [1.54, 1.807) is 4.68 Å². The van der Waals surface area contributed by atoms with E-state index < -0.39 is 0 Å². The van der Waals surface area contributed by atoms with Crippen molar-refractivity contribution in [2.45, 2.75) is 26.4 Å². The van der Waals surface area contributed by atoms with Crippen LogP contribution in [-0.2, 0) is 17.4 Å². The zero-order valence-electron chi connectivity index (χ0n) is 13.0. The Morgan fingerprint density at radius 2 is 1.95 bits per heavy atom. The molecule has 1 fully saturated rings. The van der Waals surface area contributed by atoms with Gasteiger partial charge < -0.3 is 9.64 Å². The molecule has 0 bridgehead atoms. The van der Waals surface area contributed by atoms with Crippen LogP contribution in [-0.4, -0.2) is 39.4 Å². The smallest absolute Gasteiger partial charge is 0.225 e. The molecule has 6 heteroatoms. The molecule has 3 rings (SSSR count). The molecule has 0 aliphatic carbocycles. The second-order valence-corrected chi connectivity index (χ2v) is 5.85. The Labute approximate surface area is 124 Å². The third kappa shape index (κ3) is 2.76. The maximum Gasteiger partial charge on any atom is 0.225 e. The fourth-order valence-corrected chi connectivity index (χ4v) is 2.76. The van der Waals surface area contributed by atoms with E-state index in [0.717, 1.165) is 36.0 Å². The molecule has 0 spiro atoms. The summed E-state index contributed by atoms with van der Waals surface area (Å²) >= 11 is 0. The van der Waals surface area contributed by atoms with Crippen LogP contribution in [0.25, 0.3) is 0 Å². The monoisotopic (exact) mass is 287 g/mol. The summed E-state index contributed by atoms with van der Waals surface area (Å²) in [6.07, 6.45) is 3.87. The van der Waals surface area contributed by atoms with Crippen LogP contribution in [0.15, 0.2) is 18.5 Å². The second kappa shape index (κ2) is 5.11. The van der Waals surface area contributed by atoms with Gasteiger partial charge in [-0.25, -0.2) is 9.97 Å². The van der Waals surface area contributed by atoms with Gasteiger partial charge in [-0.3, -0.25) is 4.68 Å². The Hall–Kier alpha value is -1.95. The van der Waals surface area contributed by atoms with Gasteiger partial charge in [-0.15, -0.1) is 0 Å². The molecule has 21 heavy (non-hydrogen) atoms. The van der Waals surface area contributed by atoms with Gasteiger partial charge in [-0.1, -0.05) is 0 Å². The fourth-order valence-electron chi connectivity index (χ4n) is 2.76. The van der Waals surface area contributed by atoms with Crippen molar-refractivity contribution in [1.29, 1.82) is 0 Å². The Morgan fingerprint density at radius 3 is 2.57 bits per heavy atom. The van der Waals surface area contributed by atoms with Crippen LogP contribution >= 0.6 is 0 Å². The Kier molecular flexibility index (Phi) is 3.41. The number of nitrogens with zero attached hydrogens (tertiary/aromatic N) is 5. The molecule has 1 aliphatic heterocycles. The molecule has 2 aromatic rings. The van der Waals surface area contributed by atoms with Gasteiger partial charge in [0.2, 0.25) is 5.95 Å². The molecule has 6 nitrogen and oxygen atoms in total. The second-order valence-electron chi connectivity index (χ2n) is 5.85. The number of ether oxygens (including phenoxy) is 1. The lowest BCUT2D eigenvalue weighted by molar-refractivity contribution is -0.0470. The van der Waals surface area contributed by atoms with Gasteiger partial charge in [0.25, 0.3) is 0 Å². The predicted octanol–water partition coefficient (Wildman–Crippen LogP) is 1.58. The quantitative estimate of drug-likeness (QED) is 0.839. The molecular formula is C15H21N5O. The number of hydrogen-bond donors (Lipinski definition) is 0. The van der Waals surface area contributed by atoms with Crippen molar-refractivity contribution in [3.63, 3.8) is 0 Å². The van der Waals surface area contributed by atoms with Crippen LogP contribution in [0.4, 0.5) is 5.95 Å². The predicted molar refractivity (Wildman–Crippen MR) is 80.2 cm³/mol. The van der Waals surface area contributed by atoms with E-state index >= 15 is 0 Å². The third-order valence-corrected chi connectivity index (χ3v) is 3.84. The average Bonchev–Trinajstić information content (AvgIpc) is 2.85. The number of anilines is 1. The van der Waals surface area contributed by atoms with Crippen molar-refractivity contribution in [3.8, 4) is 0 Å². The first kappa shape index (κ1) is 14.0. The largest absolute Gasteiger partial charge is 0.367 e. The zero-order valence-corrected chi connectivity index (χ0v) is 13.0. The summed E-state index contributed by atoms with van der Waals surface area (Å²) < 4.78 is 7.83. The molecule has 1 saturated heterocycles. The highest BCUT2D eigenvalue weighted by Crippen LogP contribution is 2.30. The Balaban J connectivity index is 1.88. The van der Waals surface area contributed by atoms with Gasteiger partial charge in [0, 0.05) is 36.7 Å². The van der Waals surface area contributed by atoms with E-state index in [1.807, 2.05) is 39.4 Å². The van der Waals surface area contributed by atoms with Crippen molar-refractivity contribution in [1.82, 2.24) is 19.7 Å². The third-order valence-electron chi connectivity index (χ3n) is 3.84. The van der Waals surface area contributed by atoms with Crippen molar-refractivity contribution in [2.24, 2.45) is 7.05 Å². The summed E-state index contributed by atoms with van der Waals surface area (Å²) in [5.74, 6) is 0.783. The van der Waals surface area contributed by atoms with Crippen LogP contribution in [0.1, 0.15) is 23.9 Å². The molecule has 3 heterocycles.